The average molecular weight is 325 g/mol. The zero-order valence-corrected chi connectivity index (χ0v) is 12.2. The molecule has 19 heavy (non-hydrogen) atoms. The fourth-order valence-electron chi connectivity index (χ4n) is 1.77. The number of nitrogens with one attached hydrogen (secondary N) is 2. The monoisotopic (exact) mass is 324 g/mol. The van der Waals surface area contributed by atoms with Gasteiger partial charge in [-0.15, -0.1) is 0 Å². The summed E-state index contributed by atoms with van der Waals surface area (Å²) in [5.41, 5.74) is 1.27. The van der Waals surface area contributed by atoms with Crippen LogP contribution >= 0.6 is 15.9 Å². The van der Waals surface area contributed by atoms with Crippen molar-refractivity contribution in [3.8, 4) is 5.75 Å². The lowest BCUT2D eigenvalue weighted by atomic mass is 10.1. The van der Waals surface area contributed by atoms with E-state index in [1.165, 1.54) is 5.57 Å². The summed E-state index contributed by atoms with van der Waals surface area (Å²) in [6.07, 6.45) is 3.12. The van der Waals surface area contributed by atoms with E-state index in [2.05, 4.69) is 32.6 Å². The van der Waals surface area contributed by atoms with E-state index in [1.54, 1.807) is 0 Å². The van der Waals surface area contributed by atoms with Gasteiger partial charge in [0.1, 0.15) is 5.75 Å². The molecule has 1 aliphatic heterocycles. The number of carbonyl (C=O) groups excluding carboxylic acids is 1. The first-order valence-electron chi connectivity index (χ1n) is 6.28. The zero-order valence-electron chi connectivity index (χ0n) is 10.6. The molecule has 0 atom stereocenters. The maximum atomic E-state index is 11.6. The second kappa shape index (κ2) is 7.31. The Morgan fingerprint density at radius 2 is 2.16 bits per heavy atom. The first kappa shape index (κ1) is 14.1. The van der Waals surface area contributed by atoms with Gasteiger partial charge in [0.05, 0.1) is 0 Å². The van der Waals surface area contributed by atoms with Crippen LogP contribution in [0.3, 0.4) is 0 Å². The molecule has 1 aliphatic rings. The first-order chi connectivity index (χ1) is 9.24. The van der Waals surface area contributed by atoms with Crippen LogP contribution in [0.1, 0.15) is 6.42 Å². The van der Waals surface area contributed by atoms with Crippen molar-refractivity contribution >= 4 is 21.8 Å². The number of benzene rings is 1. The molecule has 0 bridgehead atoms. The van der Waals surface area contributed by atoms with E-state index in [0.29, 0.717) is 12.3 Å². The van der Waals surface area contributed by atoms with E-state index in [9.17, 15) is 4.79 Å². The molecular formula is C14H17BrN2O2. The summed E-state index contributed by atoms with van der Waals surface area (Å²) in [5, 5.41) is 6.10. The van der Waals surface area contributed by atoms with Gasteiger partial charge in [-0.05, 0) is 37.2 Å². The molecule has 5 heteroatoms. The second-order valence-electron chi connectivity index (χ2n) is 4.34. The van der Waals surface area contributed by atoms with Crippen molar-refractivity contribution in [2.24, 2.45) is 0 Å². The van der Waals surface area contributed by atoms with Gasteiger partial charge in [0.2, 0.25) is 0 Å². The number of carbonyl (C=O) groups is 1. The van der Waals surface area contributed by atoms with Crippen molar-refractivity contribution in [2.75, 3.05) is 26.2 Å². The molecule has 2 rings (SSSR count). The van der Waals surface area contributed by atoms with E-state index in [1.807, 2.05) is 24.3 Å². The number of rotatable bonds is 5. The minimum atomic E-state index is -0.0950. The van der Waals surface area contributed by atoms with Crippen molar-refractivity contribution in [3.05, 3.63) is 40.4 Å². The van der Waals surface area contributed by atoms with Crippen LogP contribution in [0.4, 0.5) is 0 Å². The Bertz CT molecular complexity index is 457. The third-order valence-corrected chi connectivity index (χ3v) is 3.38. The van der Waals surface area contributed by atoms with Crippen molar-refractivity contribution < 1.29 is 9.53 Å². The lowest BCUT2D eigenvalue weighted by Gasteiger charge is -2.14. The van der Waals surface area contributed by atoms with Crippen LogP contribution in [-0.2, 0) is 4.79 Å². The Hall–Kier alpha value is -1.33. The first-order valence-corrected chi connectivity index (χ1v) is 7.07. The molecular weight excluding hydrogens is 308 g/mol. The largest absolute Gasteiger partial charge is 0.484 e. The molecule has 0 aliphatic carbocycles. The summed E-state index contributed by atoms with van der Waals surface area (Å²) in [5.74, 6) is 0.599. The van der Waals surface area contributed by atoms with Crippen LogP contribution < -0.4 is 15.4 Å². The molecule has 0 unspecified atom stereocenters. The Morgan fingerprint density at radius 1 is 1.37 bits per heavy atom. The van der Waals surface area contributed by atoms with Crippen LogP contribution in [0.15, 0.2) is 40.4 Å². The van der Waals surface area contributed by atoms with Gasteiger partial charge < -0.3 is 15.4 Å². The predicted molar refractivity (Wildman–Crippen MR) is 78.2 cm³/mol. The van der Waals surface area contributed by atoms with Crippen LogP contribution in [0.2, 0.25) is 0 Å². The lowest BCUT2D eigenvalue weighted by molar-refractivity contribution is -0.122. The molecule has 0 saturated heterocycles. The average Bonchev–Trinajstić information content (AvgIpc) is 2.45. The van der Waals surface area contributed by atoms with Crippen LogP contribution in [0.25, 0.3) is 0 Å². The number of hydrogen-bond acceptors (Lipinski definition) is 3. The quantitative estimate of drug-likeness (QED) is 0.813. The Labute approximate surface area is 121 Å². The third kappa shape index (κ3) is 5.04. The summed E-state index contributed by atoms with van der Waals surface area (Å²) in [6, 6.07) is 7.42. The molecule has 4 nitrogen and oxygen atoms in total. The fraction of sp³-hybridized carbons (Fsp3) is 0.357. The molecule has 1 amide bonds. The highest BCUT2D eigenvalue weighted by Gasteiger charge is 2.06. The summed E-state index contributed by atoms with van der Waals surface area (Å²) >= 11 is 3.35. The Balaban J connectivity index is 1.69. The van der Waals surface area contributed by atoms with E-state index in [-0.39, 0.29) is 12.5 Å². The maximum Gasteiger partial charge on any atom is 0.258 e. The Kier molecular flexibility index (Phi) is 5.42. The van der Waals surface area contributed by atoms with Gasteiger partial charge in [-0.2, -0.15) is 0 Å². The van der Waals surface area contributed by atoms with Crippen molar-refractivity contribution in [1.82, 2.24) is 10.6 Å². The van der Waals surface area contributed by atoms with Gasteiger partial charge in [0, 0.05) is 17.6 Å². The molecule has 1 aromatic rings. The highest BCUT2D eigenvalue weighted by Crippen LogP contribution is 2.15. The van der Waals surface area contributed by atoms with Crippen LogP contribution in [0.5, 0.6) is 5.75 Å². The van der Waals surface area contributed by atoms with E-state index in [4.69, 9.17) is 4.74 Å². The molecule has 0 spiro atoms. The van der Waals surface area contributed by atoms with Crippen molar-refractivity contribution in [2.45, 2.75) is 6.42 Å². The van der Waals surface area contributed by atoms with E-state index >= 15 is 0 Å². The highest BCUT2D eigenvalue weighted by molar-refractivity contribution is 9.10. The molecule has 102 valence electrons. The van der Waals surface area contributed by atoms with Gasteiger partial charge >= 0.3 is 0 Å². The smallest absolute Gasteiger partial charge is 0.258 e. The number of hydrogen-bond donors (Lipinski definition) is 2. The van der Waals surface area contributed by atoms with Crippen LogP contribution in [0, 0.1) is 0 Å². The minimum absolute atomic E-state index is 0.0488. The minimum Gasteiger partial charge on any atom is -0.484 e. The van der Waals surface area contributed by atoms with E-state index in [0.717, 1.165) is 24.0 Å². The Morgan fingerprint density at radius 3 is 2.84 bits per heavy atom. The van der Waals surface area contributed by atoms with Crippen molar-refractivity contribution in [3.63, 3.8) is 0 Å². The maximum absolute atomic E-state index is 11.6. The van der Waals surface area contributed by atoms with Gasteiger partial charge in [0.15, 0.2) is 6.61 Å². The lowest BCUT2D eigenvalue weighted by Crippen LogP contribution is -2.32. The summed E-state index contributed by atoms with van der Waals surface area (Å²) < 4.78 is 6.39. The summed E-state index contributed by atoms with van der Waals surface area (Å²) in [6.45, 7) is 2.54. The molecule has 0 fully saturated rings. The molecule has 2 N–H and O–H groups in total. The van der Waals surface area contributed by atoms with Gasteiger partial charge in [0.25, 0.3) is 5.91 Å². The summed E-state index contributed by atoms with van der Waals surface area (Å²) in [4.78, 5) is 11.6. The topological polar surface area (TPSA) is 50.4 Å². The van der Waals surface area contributed by atoms with Gasteiger partial charge in [-0.3, -0.25) is 4.79 Å². The normalized spacial score (nSPS) is 14.7. The third-order valence-electron chi connectivity index (χ3n) is 2.85. The predicted octanol–water partition coefficient (Wildman–Crippen LogP) is 1.86. The molecule has 0 saturated carbocycles. The molecule has 1 heterocycles. The standard InChI is InChI=1S/C14H17BrN2O2/c15-12-1-3-13(4-2-12)19-10-14(18)17-9-11-5-7-16-8-6-11/h1-5,16H,6-10H2,(H,17,18). The van der Waals surface area contributed by atoms with Gasteiger partial charge in [-0.25, -0.2) is 0 Å². The highest BCUT2D eigenvalue weighted by atomic mass is 79.9. The summed E-state index contributed by atoms with van der Waals surface area (Å²) in [7, 11) is 0. The SMILES string of the molecule is O=C(COc1ccc(Br)cc1)NCC1=CCNCC1. The van der Waals surface area contributed by atoms with Crippen molar-refractivity contribution in [1.29, 1.82) is 0 Å². The number of ether oxygens (including phenoxy) is 1. The fourth-order valence-corrected chi connectivity index (χ4v) is 2.04. The number of amides is 1. The molecule has 0 radical (unpaired) electrons. The second-order valence-corrected chi connectivity index (χ2v) is 5.25. The van der Waals surface area contributed by atoms with E-state index < -0.39 is 0 Å². The van der Waals surface area contributed by atoms with Crippen LogP contribution in [-0.4, -0.2) is 32.1 Å². The molecule has 1 aromatic carbocycles. The van der Waals surface area contributed by atoms with Gasteiger partial charge in [-0.1, -0.05) is 27.6 Å². The zero-order chi connectivity index (χ0) is 13.5. The molecule has 0 aromatic heterocycles. The number of halogens is 1.